The molecule has 32 heavy (non-hydrogen) atoms. The normalized spacial score (nSPS) is 51.2. The molecule has 3 fully saturated rings. The van der Waals surface area contributed by atoms with Crippen molar-refractivity contribution < 1.29 is 38.1 Å². The molecule has 6 nitrogen and oxygen atoms in total. The lowest BCUT2D eigenvalue weighted by Gasteiger charge is -2.62. The van der Waals surface area contributed by atoms with Gasteiger partial charge in [-0.3, -0.25) is 9.59 Å². The van der Waals surface area contributed by atoms with Gasteiger partial charge >= 0.3 is 0 Å². The summed E-state index contributed by atoms with van der Waals surface area (Å²) < 4.78 is 44.8. The highest BCUT2D eigenvalue weighted by molar-refractivity contribution is 5.94. The molecule has 8 heteroatoms. The predicted molar refractivity (Wildman–Crippen MR) is 109 cm³/mol. The average molecular weight is 452 g/mol. The number of carbonyl (C=O) groups excluding carboxylic acids is 2. The van der Waals surface area contributed by atoms with Crippen LogP contribution >= 0.6 is 0 Å². The summed E-state index contributed by atoms with van der Waals surface area (Å²) in [6, 6.07) is 0. The number of ether oxygens (including phenoxy) is 2. The number of aliphatic hydroxyl groups excluding tert-OH is 2. The summed E-state index contributed by atoms with van der Waals surface area (Å²) >= 11 is 0. The van der Waals surface area contributed by atoms with Crippen LogP contribution in [-0.4, -0.2) is 57.7 Å². The minimum Gasteiger partial charge on any atom is -0.390 e. The van der Waals surface area contributed by atoms with Crippen molar-refractivity contribution in [3.05, 3.63) is 23.6 Å². The van der Waals surface area contributed by atoms with Crippen LogP contribution < -0.4 is 0 Å². The first-order valence-corrected chi connectivity index (χ1v) is 11.3. The number of alkyl halides is 1. The fraction of sp³-hybridized carbons (Fsp3) is 0.750. The van der Waals surface area contributed by atoms with Crippen LogP contribution in [0.2, 0.25) is 0 Å². The van der Waals surface area contributed by atoms with E-state index in [1.165, 1.54) is 12.2 Å². The molecule has 1 saturated heterocycles. The molecule has 6 unspecified atom stereocenters. The van der Waals surface area contributed by atoms with Crippen LogP contribution in [-0.2, 0) is 19.1 Å². The van der Waals surface area contributed by atoms with Crippen molar-refractivity contribution in [1.29, 1.82) is 0 Å². The zero-order chi connectivity index (χ0) is 23.5. The van der Waals surface area contributed by atoms with Gasteiger partial charge < -0.3 is 19.7 Å². The Morgan fingerprint density at radius 2 is 1.94 bits per heavy atom. The smallest absolute Gasteiger partial charge is 0.193 e. The lowest BCUT2D eigenvalue weighted by molar-refractivity contribution is -0.244. The first-order valence-electron chi connectivity index (χ1n) is 11.3. The number of ketones is 2. The van der Waals surface area contributed by atoms with E-state index in [1.54, 1.807) is 27.7 Å². The highest BCUT2D eigenvalue weighted by Gasteiger charge is 2.80. The van der Waals surface area contributed by atoms with Crippen molar-refractivity contribution >= 4 is 11.6 Å². The monoisotopic (exact) mass is 452 g/mol. The van der Waals surface area contributed by atoms with Gasteiger partial charge in [-0.25, -0.2) is 8.78 Å². The number of Topliss-reactive ketones (excluding diaryl/α,β-unsaturated/α-hetero) is 1. The van der Waals surface area contributed by atoms with Gasteiger partial charge in [-0.15, -0.1) is 0 Å². The second-order valence-corrected chi connectivity index (χ2v) is 11.0. The molecular weight excluding hydrogens is 422 g/mol. The maximum absolute atomic E-state index is 17.1. The Morgan fingerprint density at radius 3 is 2.59 bits per heavy atom. The summed E-state index contributed by atoms with van der Waals surface area (Å²) in [5, 5.41) is 21.1. The van der Waals surface area contributed by atoms with E-state index in [2.05, 4.69) is 0 Å². The molecular formula is C24H30F2O6. The van der Waals surface area contributed by atoms with Crippen molar-refractivity contribution in [2.75, 3.05) is 6.61 Å². The van der Waals surface area contributed by atoms with Gasteiger partial charge in [-0.05, 0) is 51.2 Å². The van der Waals surface area contributed by atoms with Gasteiger partial charge in [0.25, 0.3) is 0 Å². The summed E-state index contributed by atoms with van der Waals surface area (Å²) in [6.07, 6.45) is 0.0542. The average Bonchev–Trinajstić information content (AvgIpc) is 3.11. The highest BCUT2D eigenvalue weighted by atomic mass is 19.1. The lowest BCUT2D eigenvalue weighted by Crippen LogP contribution is -2.69. The van der Waals surface area contributed by atoms with Crippen LogP contribution in [0.5, 0.6) is 0 Å². The standard InChI is InChI=1S/C24H30F2O6/c1-20(2)31-19-9-13-14-8-16(25)15-7-12(28)5-6-21(15,3)23(14,26)17(29)10-22(13,4)24(19,32-20)18(30)11-27/h5-6,13-14,17,19,27,29H,7-11H2,1-4H3/t13?,14?,17?,19-,21?,22?,23+,24?/m1/s1. The summed E-state index contributed by atoms with van der Waals surface area (Å²) in [6.45, 7) is 5.88. The number of carbonyl (C=O) groups is 2. The third-order valence-electron chi connectivity index (χ3n) is 9.21. The van der Waals surface area contributed by atoms with Crippen LogP contribution in [0.25, 0.3) is 0 Å². The molecule has 0 spiro atoms. The molecule has 1 heterocycles. The number of hydrogen-bond donors (Lipinski definition) is 2. The van der Waals surface area contributed by atoms with Gasteiger partial charge in [0.1, 0.15) is 12.4 Å². The summed E-state index contributed by atoms with van der Waals surface area (Å²) in [4.78, 5) is 25.1. The van der Waals surface area contributed by atoms with Gasteiger partial charge in [0, 0.05) is 29.6 Å². The quantitative estimate of drug-likeness (QED) is 0.669. The minimum atomic E-state index is -2.23. The molecule has 0 bridgehead atoms. The molecule has 176 valence electrons. The SMILES string of the molecule is CC1(C)O[C@@H]2CC3C4CC(F)=C5CC(=O)C=CC5(C)[C@@]4(F)C(O)CC3(C)C2(C(=O)CO)O1. The molecule has 8 atom stereocenters. The van der Waals surface area contributed by atoms with Crippen LogP contribution in [0, 0.1) is 22.7 Å². The van der Waals surface area contributed by atoms with Crippen molar-refractivity contribution in [1.82, 2.24) is 0 Å². The maximum atomic E-state index is 17.1. The lowest BCUT2D eigenvalue weighted by atomic mass is 9.45. The second kappa shape index (κ2) is 6.34. The van der Waals surface area contributed by atoms with Gasteiger partial charge in [-0.2, -0.15) is 0 Å². The summed E-state index contributed by atoms with van der Waals surface area (Å²) in [7, 11) is 0. The largest absolute Gasteiger partial charge is 0.390 e. The molecule has 2 saturated carbocycles. The Morgan fingerprint density at radius 1 is 1.25 bits per heavy atom. The molecule has 2 N–H and O–H groups in total. The van der Waals surface area contributed by atoms with Gasteiger partial charge in [-0.1, -0.05) is 13.0 Å². The molecule has 1 aliphatic heterocycles. The molecule has 0 radical (unpaired) electrons. The third-order valence-corrected chi connectivity index (χ3v) is 9.21. The first kappa shape index (κ1) is 22.3. The van der Waals surface area contributed by atoms with Crippen LogP contribution in [0.1, 0.15) is 53.4 Å². The summed E-state index contributed by atoms with van der Waals surface area (Å²) in [5.74, 6) is -3.98. The molecule has 0 amide bonds. The Labute approximate surface area is 185 Å². The number of fused-ring (bicyclic) bond motifs is 7. The van der Waals surface area contributed by atoms with Crippen LogP contribution in [0.4, 0.5) is 8.78 Å². The molecule has 5 rings (SSSR count). The Balaban J connectivity index is 1.67. The van der Waals surface area contributed by atoms with Crippen LogP contribution in [0.15, 0.2) is 23.6 Å². The van der Waals surface area contributed by atoms with E-state index < -0.39 is 70.1 Å². The van der Waals surface area contributed by atoms with Gasteiger partial charge in [0.05, 0.1) is 12.2 Å². The van der Waals surface area contributed by atoms with Crippen molar-refractivity contribution in [3.63, 3.8) is 0 Å². The maximum Gasteiger partial charge on any atom is 0.193 e. The first-order chi connectivity index (χ1) is 14.8. The Hall–Kier alpha value is -1.48. The second-order valence-electron chi connectivity index (χ2n) is 11.0. The van der Waals surface area contributed by atoms with Crippen molar-refractivity contribution in [3.8, 4) is 0 Å². The molecule has 0 aromatic carbocycles. The van der Waals surface area contributed by atoms with E-state index in [0.29, 0.717) is 0 Å². The van der Waals surface area contributed by atoms with E-state index in [-0.39, 0.29) is 37.0 Å². The third kappa shape index (κ3) is 2.32. The number of halogens is 2. The molecule has 0 aromatic rings. The van der Waals surface area contributed by atoms with Gasteiger partial charge in [0.2, 0.25) is 0 Å². The van der Waals surface area contributed by atoms with Crippen molar-refractivity contribution in [2.24, 2.45) is 22.7 Å². The van der Waals surface area contributed by atoms with E-state index in [4.69, 9.17) is 9.47 Å². The number of aliphatic hydroxyl groups is 2. The Bertz CT molecular complexity index is 974. The van der Waals surface area contributed by atoms with Gasteiger partial charge in [0.15, 0.2) is 28.6 Å². The highest BCUT2D eigenvalue weighted by Crippen LogP contribution is 2.72. The van der Waals surface area contributed by atoms with E-state index in [0.717, 1.165) is 0 Å². The van der Waals surface area contributed by atoms with E-state index in [9.17, 15) is 19.8 Å². The minimum absolute atomic E-state index is 0.0966. The summed E-state index contributed by atoms with van der Waals surface area (Å²) in [5.41, 5.74) is -6.23. The van der Waals surface area contributed by atoms with Crippen LogP contribution in [0.3, 0.4) is 0 Å². The fourth-order valence-corrected chi connectivity index (χ4v) is 7.89. The zero-order valence-electron chi connectivity index (χ0n) is 18.8. The zero-order valence-corrected chi connectivity index (χ0v) is 18.8. The van der Waals surface area contributed by atoms with Crippen molar-refractivity contribution in [2.45, 2.75) is 82.6 Å². The number of allylic oxidation sites excluding steroid dienone is 4. The molecule has 0 aromatic heterocycles. The predicted octanol–water partition coefficient (Wildman–Crippen LogP) is 2.72. The van der Waals surface area contributed by atoms with E-state index in [1.807, 2.05) is 0 Å². The number of hydrogen-bond acceptors (Lipinski definition) is 6. The molecule has 5 aliphatic rings. The molecule has 4 aliphatic carbocycles. The van der Waals surface area contributed by atoms with E-state index >= 15 is 8.78 Å². The fourth-order valence-electron chi connectivity index (χ4n) is 7.89. The number of rotatable bonds is 2. The topological polar surface area (TPSA) is 93.1 Å². The Kier molecular flexibility index (Phi) is 4.42.